The van der Waals surface area contributed by atoms with Crippen molar-refractivity contribution in [2.75, 3.05) is 0 Å². The van der Waals surface area contributed by atoms with E-state index in [2.05, 4.69) is 43.4 Å². The number of rotatable bonds is 3. The van der Waals surface area contributed by atoms with Crippen molar-refractivity contribution in [2.45, 2.75) is 58.0 Å². The first kappa shape index (κ1) is 12.2. The van der Waals surface area contributed by atoms with Gasteiger partial charge in [-0.05, 0) is 48.6 Å². The lowest BCUT2D eigenvalue weighted by molar-refractivity contribution is 0.320. The molecule has 1 N–H and O–H groups in total. The van der Waals surface area contributed by atoms with Crippen LogP contribution in [-0.4, -0.2) is 6.04 Å². The predicted molar refractivity (Wildman–Crippen MR) is 76.6 cm³/mol. The fourth-order valence-corrected chi connectivity index (χ4v) is 4.05. The largest absolute Gasteiger partial charge is 0.307 e. The molecule has 98 valence electrons. The third-order valence-electron chi connectivity index (χ3n) is 5.30. The van der Waals surface area contributed by atoms with Crippen molar-refractivity contribution in [3.63, 3.8) is 0 Å². The first-order chi connectivity index (χ1) is 8.79. The summed E-state index contributed by atoms with van der Waals surface area (Å²) < 4.78 is 0. The molecule has 2 aliphatic carbocycles. The number of nitrogens with one attached hydrogen (secondary N) is 1. The number of aryl methyl sites for hydroxylation is 1. The van der Waals surface area contributed by atoms with Crippen molar-refractivity contribution in [3.8, 4) is 0 Å². The van der Waals surface area contributed by atoms with Crippen molar-refractivity contribution in [1.82, 2.24) is 5.32 Å². The summed E-state index contributed by atoms with van der Waals surface area (Å²) in [5, 5.41) is 3.95. The fourth-order valence-electron chi connectivity index (χ4n) is 4.05. The summed E-state index contributed by atoms with van der Waals surface area (Å²) in [6.45, 7) is 4.79. The zero-order valence-corrected chi connectivity index (χ0v) is 11.7. The van der Waals surface area contributed by atoms with Crippen molar-refractivity contribution >= 4 is 0 Å². The SMILES string of the molecule is CCC1CCC(NC2CCc3ccccc32)C1C. The Labute approximate surface area is 111 Å². The van der Waals surface area contributed by atoms with Crippen LogP contribution in [0.2, 0.25) is 0 Å². The number of benzene rings is 1. The first-order valence-corrected chi connectivity index (χ1v) is 7.63. The second-order valence-corrected chi connectivity index (χ2v) is 6.17. The van der Waals surface area contributed by atoms with Crippen LogP contribution in [0.5, 0.6) is 0 Å². The topological polar surface area (TPSA) is 12.0 Å². The van der Waals surface area contributed by atoms with Crippen LogP contribution in [0.1, 0.15) is 56.7 Å². The second kappa shape index (κ2) is 5.05. The lowest BCUT2D eigenvalue weighted by Gasteiger charge is -2.25. The van der Waals surface area contributed by atoms with Gasteiger partial charge in [0.2, 0.25) is 0 Å². The molecule has 18 heavy (non-hydrogen) atoms. The molecule has 1 nitrogen and oxygen atoms in total. The highest BCUT2D eigenvalue weighted by atomic mass is 15.0. The van der Waals surface area contributed by atoms with Gasteiger partial charge in [-0.15, -0.1) is 0 Å². The van der Waals surface area contributed by atoms with Gasteiger partial charge >= 0.3 is 0 Å². The van der Waals surface area contributed by atoms with Gasteiger partial charge in [0.1, 0.15) is 0 Å². The van der Waals surface area contributed by atoms with Crippen molar-refractivity contribution < 1.29 is 0 Å². The molecule has 4 unspecified atom stereocenters. The first-order valence-electron chi connectivity index (χ1n) is 7.63. The molecule has 0 heterocycles. The monoisotopic (exact) mass is 243 g/mol. The molecule has 0 bridgehead atoms. The quantitative estimate of drug-likeness (QED) is 0.843. The van der Waals surface area contributed by atoms with E-state index in [0.717, 1.165) is 17.9 Å². The number of hydrogen-bond donors (Lipinski definition) is 1. The van der Waals surface area contributed by atoms with Crippen molar-refractivity contribution in [1.29, 1.82) is 0 Å². The standard InChI is InChI=1S/C17H25N/c1-3-13-8-10-16(12(13)2)18-17-11-9-14-6-4-5-7-15(14)17/h4-7,12-13,16-18H,3,8-11H2,1-2H3. The molecule has 1 aromatic carbocycles. The van der Waals surface area contributed by atoms with Crippen molar-refractivity contribution in [2.24, 2.45) is 11.8 Å². The molecule has 0 spiro atoms. The summed E-state index contributed by atoms with van der Waals surface area (Å²) in [6.07, 6.45) is 6.69. The Kier molecular flexibility index (Phi) is 3.43. The Morgan fingerprint density at radius 2 is 2.00 bits per heavy atom. The Hall–Kier alpha value is -0.820. The normalized spacial score (nSPS) is 34.8. The van der Waals surface area contributed by atoms with E-state index in [4.69, 9.17) is 0 Å². The minimum Gasteiger partial charge on any atom is -0.307 e. The van der Waals surface area contributed by atoms with Crippen LogP contribution in [0, 0.1) is 11.8 Å². The van der Waals surface area contributed by atoms with Crippen LogP contribution < -0.4 is 5.32 Å². The maximum atomic E-state index is 3.95. The van der Waals surface area contributed by atoms with E-state index in [1.54, 1.807) is 11.1 Å². The maximum Gasteiger partial charge on any atom is 0.0328 e. The Bertz CT molecular complexity index is 412. The average molecular weight is 243 g/mol. The highest BCUT2D eigenvalue weighted by Crippen LogP contribution is 2.37. The van der Waals surface area contributed by atoms with Crippen LogP contribution in [0.15, 0.2) is 24.3 Å². The second-order valence-electron chi connectivity index (χ2n) is 6.17. The molecule has 4 atom stereocenters. The van der Waals surface area contributed by atoms with Gasteiger partial charge in [0.05, 0.1) is 0 Å². The predicted octanol–water partition coefficient (Wildman–Crippen LogP) is 4.09. The van der Waals surface area contributed by atoms with E-state index >= 15 is 0 Å². The van der Waals surface area contributed by atoms with Gasteiger partial charge in [0.15, 0.2) is 0 Å². The van der Waals surface area contributed by atoms with E-state index in [-0.39, 0.29) is 0 Å². The summed E-state index contributed by atoms with van der Waals surface area (Å²) in [5.41, 5.74) is 3.12. The smallest absolute Gasteiger partial charge is 0.0328 e. The molecule has 0 radical (unpaired) electrons. The van der Waals surface area contributed by atoms with Crippen LogP contribution in [0.25, 0.3) is 0 Å². The molecule has 3 rings (SSSR count). The van der Waals surface area contributed by atoms with Gasteiger partial charge < -0.3 is 5.32 Å². The van der Waals surface area contributed by atoms with Crippen LogP contribution in [0.4, 0.5) is 0 Å². The molecule has 0 aromatic heterocycles. The Balaban J connectivity index is 1.68. The number of fused-ring (bicyclic) bond motifs is 1. The van der Waals surface area contributed by atoms with Crippen LogP contribution in [0.3, 0.4) is 0 Å². The average Bonchev–Trinajstić information content (AvgIpc) is 2.96. The minimum atomic E-state index is 0.615. The molecule has 0 aliphatic heterocycles. The molecule has 2 aliphatic rings. The highest BCUT2D eigenvalue weighted by molar-refractivity contribution is 5.34. The van der Waals surface area contributed by atoms with E-state index in [1.807, 2.05) is 0 Å². The summed E-state index contributed by atoms with van der Waals surface area (Å²) in [4.78, 5) is 0. The van der Waals surface area contributed by atoms with E-state index in [0.29, 0.717) is 6.04 Å². The highest BCUT2D eigenvalue weighted by Gasteiger charge is 2.34. The summed E-state index contributed by atoms with van der Waals surface area (Å²) >= 11 is 0. The van der Waals surface area contributed by atoms with E-state index in [9.17, 15) is 0 Å². The number of hydrogen-bond acceptors (Lipinski definition) is 1. The van der Waals surface area contributed by atoms with Gasteiger partial charge in [0, 0.05) is 12.1 Å². The molecule has 1 fully saturated rings. The zero-order valence-electron chi connectivity index (χ0n) is 11.7. The fraction of sp³-hybridized carbons (Fsp3) is 0.647. The molecule has 1 aromatic rings. The minimum absolute atomic E-state index is 0.615. The molecule has 0 amide bonds. The lowest BCUT2D eigenvalue weighted by Crippen LogP contribution is -2.35. The van der Waals surface area contributed by atoms with E-state index < -0.39 is 0 Å². The lowest BCUT2D eigenvalue weighted by atomic mass is 9.93. The zero-order chi connectivity index (χ0) is 12.5. The molecular weight excluding hydrogens is 218 g/mol. The Morgan fingerprint density at radius 1 is 1.17 bits per heavy atom. The molecule has 1 saturated carbocycles. The van der Waals surface area contributed by atoms with Gasteiger partial charge in [-0.25, -0.2) is 0 Å². The van der Waals surface area contributed by atoms with Crippen molar-refractivity contribution in [3.05, 3.63) is 35.4 Å². The van der Waals surface area contributed by atoms with Gasteiger partial charge in [-0.3, -0.25) is 0 Å². The Morgan fingerprint density at radius 3 is 2.78 bits per heavy atom. The van der Waals surface area contributed by atoms with Crippen LogP contribution >= 0.6 is 0 Å². The molecule has 1 heteroatoms. The van der Waals surface area contributed by atoms with Gasteiger partial charge in [0.25, 0.3) is 0 Å². The molecular formula is C17H25N. The van der Waals surface area contributed by atoms with Crippen LogP contribution in [-0.2, 0) is 6.42 Å². The summed E-state index contributed by atoms with van der Waals surface area (Å²) in [5.74, 6) is 1.79. The molecule has 0 saturated heterocycles. The van der Waals surface area contributed by atoms with E-state index in [1.165, 1.54) is 32.1 Å². The third-order valence-corrected chi connectivity index (χ3v) is 5.30. The summed E-state index contributed by atoms with van der Waals surface area (Å²) in [6, 6.07) is 10.3. The van der Waals surface area contributed by atoms with Gasteiger partial charge in [-0.1, -0.05) is 44.5 Å². The third kappa shape index (κ3) is 2.09. The van der Waals surface area contributed by atoms with Gasteiger partial charge in [-0.2, -0.15) is 0 Å². The summed E-state index contributed by atoms with van der Waals surface area (Å²) in [7, 11) is 0. The maximum absolute atomic E-state index is 3.95.